The van der Waals surface area contributed by atoms with E-state index in [2.05, 4.69) is 18.7 Å². The molecule has 0 aliphatic carbocycles. The van der Waals surface area contributed by atoms with E-state index in [9.17, 15) is 8.42 Å². The van der Waals surface area contributed by atoms with Gasteiger partial charge in [0.25, 0.3) is 0 Å². The molecule has 1 heterocycles. The number of rotatable bonds is 9. The van der Waals surface area contributed by atoms with Crippen molar-refractivity contribution in [3.63, 3.8) is 0 Å². The van der Waals surface area contributed by atoms with Crippen LogP contribution in [0.2, 0.25) is 10.0 Å². The summed E-state index contributed by atoms with van der Waals surface area (Å²) in [6.45, 7) is 7.68. The van der Waals surface area contributed by atoms with Gasteiger partial charge in [-0.15, -0.1) is 0 Å². The summed E-state index contributed by atoms with van der Waals surface area (Å²) >= 11 is 12.2. The van der Waals surface area contributed by atoms with Crippen molar-refractivity contribution in [3.8, 4) is 0 Å². The third-order valence-electron chi connectivity index (χ3n) is 6.55. The molecule has 0 radical (unpaired) electrons. The van der Waals surface area contributed by atoms with E-state index in [1.165, 1.54) is 0 Å². The van der Waals surface area contributed by atoms with Crippen molar-refractivity contribution < 1.29 is 13.2 Å². The van der Waals surface area contributed by atoms with Crippen molar-refractivity contribution in [2.75, 3.05) is 39.3 Å². The molecule has 0 unspecified atom stereocenters. The summed E-state index contributed by atoms with van der Waals surface area (Å²) in [6.07, 6.45) is -0.241. The van der Waals surface area contributed by atoms with Crippen molar-refractivity contribution in [2.24, 2.45) is 0 Å². The van der Waals surface area contributed by atoms with Crippen molar-refractivity contribution in [2.45, 2.75) is 30.8 Å². The van der Waals surface area contributed by atoms with Gasteiger partial charge in [-0.25, -0.2) is 8.42 Å². The minimum Gasteiger partial charge on any atom is -0.367 e. The topological polar surface area (TPSA) is 49.9 Å². The second-order valence-corrected chi connectivity index (χ2v) is 12.1. The van der Waals surface area contributed by atoms with Crippen LogP contribution in [0.3, 0.4) is 0 Å². The summed E-state index contributed by atoms with van der Waals surface area (Å²) in [5.41, 5.74) is 3.16. The predicted molar refractivity (Wildman–Crippen MR) is 146 cm³/mol. The van der Waals surface area contributed by atoms with Crippen LogP contribution in [-0.4, -0.2) is 57.0 Å². The number of nitrogens with zero attached hydrogens (tertiary/aromatic N) is 2. The standard InChI is InChI=1S/C28H32Cl2N2O3S/c1-21(2)22-7-13-27(14-8-22)36(33,34)32-17-15-31(16-18-32)19-20-35-28(23-3-9-25(29)10-4-23)24-5-11-26(30)12-6-24/h3-14,21,28H,15-20H2,1-2H3. The molecule has 36 heavy (non-hydrogen) atoms. The molecule has 0 aromatic heterocycles. The highest BCUT2D eigenvalue weighted by atomic mass is 35.5. The van der Waals surface area contributed by atoms with E-state index in [1.54, 1.807) is 16.4 Å². The second kappa shape index (κ2) is 12.1. The minimum atomic E-state index is -3.49. The molecule has 0 N–H and O–H groups in total. The SMILES string of the molecule is CC(C)c1ccc(S(=O)(=O)N2CCN(CCOC(c3ccc(Cl)cc3)c3ccc(Cl)cc3)CC2)cc1. The molecule has 0 saturated carbocycles. The first-order valence-electron chi connectivity index (χ1n) is 12.2. The van der Waals surface area contributed by atoms with Gasteiger partial charge in [0.1, 0.15) is 6.10 Å². The Balaban J connectivity index is 1.33. The van der Waals surface area contributed by atoms with Crippen LogP contribution in [-0.2, 0) is 14.8 Å². The molecule has 1 fully saturated rings. The second-order valence-electron chi connectivity index (χ2n) is 9.32. The van der Waals surface area contributed by atoms with Gasteiger partial charge in [0, 0.05) is 42.8 Å². The molecule has 1 aliphatic heterocycles. The van der Waals surface area contributed by atoms with E-state index in [-0.39, 0.29) is 6.10 Å². The predicted octanol–water partition coefficient (Wildman–Crippen LogP) is 6.23. The summed E-state index contributed by atoms with van der Waals surface area (Å²) in [5.74, 6) is 0.367. The lowest BCUT2D eigenvalue weighted by Gasteiger charge is -2.34. The Morgan fingerprint density at radius 3 is 1.69 bits per heavy atom. The van der Waals surface area contributed by atoms with Crippen LogP contribution in [0.25, 0.3) is 0 Å². The molecular formula is C28H32Cl2N2O3S. The first-order chi connectivity index (χ1) is 17.2. The highest BCUT2D eigenvalue weighted by Crippen LogP contribution is 2.28. The largest absolute Gasteiger partial charge is 0.367 e. The summed E-state index contributed by atoms with van der Waals surface area (Å²) in [5, 5.41) is 1.36. The fraction of sp³-hybridized carbons (Fsp3) is 0.357. The van der Waals surface area contributed by atoms with E-state index in [0.717, 1.165) is 16.7 Å². The maximum absolute atomic E-state index is 13.1. The van der Waals surface area contributed by atoms with Gasteiger partial charge in [0.2, 0.25) is 10.0 Å². The quantitative estimate of drug-likeness (QED) is 0.319. The number of hydrogen-bond donors (Lipinski definition) is 0. The molecule has 0 amide bonds. The fourth-order valence-corrected chi connectivity index (χ4v) is 6.00. The lowest BCUT2D eigenvalue weighted by molar-refractivity contribution is 0.0527. The smallest absolute Gasteiger partial charge is 0.243 e. The Hall–Kier alpha value is -1.93. The zero-order chi connectivity index (χ0) is 25.7. The van der Waals surface area contributed by atoms with Gasteiger partial charge in [0.05, 0.1) is 11.5 Å². The molecule has 8 heteroatoms. The van der Waals surface area contributed by atoms with Crippen molar-refractivity contribution in [1.82, 2.24) is 9.21 Å². The summed E-state index contributed by atoms with van der Waals surface area (Å²) in [4.78, 5) is 2.60. The van der Waals surface area contributed by atoms with Crippen LogP contribution in [0.4, 0.5) is 0 Å². The number of ether oxygens (including phenoxy) is 1. The lowest BCUT2D eigenvalue weighted by atomic mass is 10.0. The van der Waals surface area contributed by atoms with Crippen LogP contribution < -0.4 is 0 Å². The maximum Gasteiger partial charge on any atom is 0.243 e. The highest BCUT2D eigenvalue weighted by molar-refractivity contribution is 7.89. The monoisotopic (exact) mass is 546 g/mol. The normalized spacial score (nSPS) is 15.6. The lowest BCUT2D eigenvalue weighted by Crippen LogP contribution is -2.49. The first kappa shape index (κ1) is 27.1. The van der Waals surface area contributed by atoms with Crippen LogP contribution in [0.1, 0.15) is 42.6 Å². The molecule has 3 aromatic rings. The molecule has 4 rings (SSSR count). The van der Waals surface area contributed by atoms with E-state index in [4.69, 9.17) is 27.9 Å². The van der Waals surface area contributed by atoms with E-state index in [1.807, 2.05) is 60.7 Å². The van der Waals surface area contributed by atoms with Crippen molar-refractivity contribution in [1.29, 1.82) is 0 Å². The number of piperazine rings is 1. The first-order valence-corrected chi connectivity index (χ1v) is 14.4. The molecule has 0 atom stereocenters. The van der Waals surface area contributed by atoms with Crippen LogP contribution in [0.15, 0.2) is 77.7 Å². The molecule has 5 nitrogen and oxygen atoms in total. The molecule has 0 spiro atoms. The molecule has 192 valence electrons. The molecule has 3 aromatic carbocycles. The highest BCUT2D eigenvalue weighted by Gasteiger charge is 2.28. The average molecular weight is 548 g/mol. The van der Waals surface area contributed by atoms with E-state index >= 15 is 0 Å². The zero-order valence-electron chi connectivity index (χ0n) is 20.6. The summed E-state index contributed by atoms with van der Waals surface area (Å²) < 4.78 is 34.1. The van der Waals surface area contributed by atoms with Gasteiger partial charge in [0.15, 0.2) is 0 Å². The molecule has 1 aliphatic rings. The average Bonchev–Trinajstić information content (AvgIpc) is 2.88. The molecule has 1 saturated heterocycles. The van der Waals surface area contributed by atoms with Crippen LogP contribution in [0, 0.1) is 0 Å². The number of benzene rings is 3. The Kier molecular flexibility index (Phi) is 9.10. The third kappa shape index (κ3) is 6.68. The number of hydrogen-bond acceptors (Lipinski definition) is 4. The third-order valence-corrected chi connectivity index (χ3v) is 8.97. The van der Waals surface area contributed by atoms with Gasteiger partial charge in [-0.2, -0.15) is 4.31 Å². The number of sulfonamides is 1. The van der Waals surface area contributed by atoms with Crippen LogP contribution in [0.5, 0.6) is 0 Å². The molecule has 0 bridgehead atoms. The van der Waals surface area contributed by atoms with Gasteiger partial charge in [-0.1, -0.05) is 73.4 Å². The number of halogens is 2. The Morgan fingerprint density at radius 2 is 1.22 bits per heavy atom. The Morgan fingerprint density at radius 1 is 0.750 bits per heavy atom. The van der Waals surface area contributed by atoms with E-state index in [0.29, 0.717) is 60.2 Å². The van der Waals surface area contributed by atoms with Gasteiger partial charge in [-0.05, 0) is 59.0 Å². The van der Waals surface area contributed by atoms with Gasteiger partial charge >= 0.3 is 0 Å². The fourth-order valence-electron chi connectivity index (χ4n) is 4.33. The summed E-state index contributed by atoms with van der Waals surface area (Å²) in [7, 11) is -3.49. The maximum atomic E-state index is 13.1. The zero-order valence-corrected chi connectivity index (χ0v) is 22.9. The van der Waals surface area contributed by atoms with Gasteiger partial charge in [-0.3, -0.25) is 4.90 Å². The Labute approximate surface area is 224 Å². The summed E-state index contributed by atoms with van der Waals surface area (Å²) in [6, 6.07) is 22.6. The van der Waals surface area contributed by atoms with Crippen molar-refractivity contribution >= 4 is 33.2 Å². The minimum absolute atomic E-state index is 0.241. The van der Waals surface area contributed by atoms with Crippen LogP contribution >= 0.6 is 23.2 Å². The Bertz CT molecular complexity index is 1180. The van der Waals surface area contributed by atoms with Crippen molar-refractivity contribution in [3.05, 3.63) is 99.5 Å². The van der Waals surface area contributed by atoms with Gasteiger partial charge < -0.3 is 4.74 Å². The molecular weight excluding hydrogens is 515 g/mol. The van der Waals surface area contributed by atoms with E-state index < -0.39 is 10.0 Å².